The summed E-state index contributed by atoms with van der Waals surface area (Å²) in [5.74, 6) is -0.813. The molecule has 29 heavy (non-hydrogen) atoms. The third-order valence-electron chi connectivity index (χ3n) is 4.14. The molecule has 0 unspecified atom stereocenters. The number of carbonyl (C=O) groups excluding carboxylic acids is 3. The molecular formula is C22H25NO6. The van der Waals surface area contributed by atoms with Crippen molar-refractivity contribution in [1.82, 2.24) is 4.98 Å². The second-order valence-electron chi connectivity index (χ2n) is 6.21. The molecule has 0 saturated carbocycles. The number of aromatic amines is 1. The zero-order valence-electron chi connectivity index (χ0n) is 17.0. The standard InChI is InChI=1S/C22H25NO6/c1-5-27-17-10-7-16(8-11-17)9-12-19(25)29-13-18(24)21-14(3)20(15(4)23-21)22(26)28-6-2/h7-12,23H,5-6,13H2,1-4H3/b12-9+. The summed E-state index contributed by atoms with van der Waals surface area (Å²) in [4.78, 5) is 39.2. The molecule has 0 radical (unpaired) electrons. The van der Waals surface area contributed by atoms with Gasteiger partial charge in [-0.1, -0.05) is 12.1 Å². The van der Waals surface area contributed by atoms with Gasteiger partial charge in [-0.15, -0.1) is 0 Å². The first kappa shape index (κ1) is 21.9. The number of benzene rings is 1. The Labute approximate surface area is 169 Å². The molecule has 1 aromatic heterocycles. The van der Waals surface area contributed by atoms with E-state index in [4.69, 9.17) is 14.2 Å². The predicted molar refractivity (Wildman–Crippen MR) is 108 cm³/mol. The lowest BCUT2D eigenvalue weighted by molar-refractivity contribution is -0.136. The van der Waals surface area contributed by atoms with Crippen molar-refractivity contribution in [2.75, 3.05) is 19.8 Å². The van der Waals surface area contributed by atoms with Crippen LogP contribution in [0.1, 0.15) is 51.5 Å². The Morgan fingerprint density at radius 2 is 1.69 bits per heavy atom. The zero-order valence-corrected chi connectivity index (χ0v) is 17.0. The van der Waals surface area contributed by atoms with Crippen LogP contribution in [0.2, 0.25) is 0 Å². The van der Waals surface area contributed by atoms with E-state index in [1.807, 2.05) is 19.1 Å². The maximum absolute atomic E-state index is 12.4. The molecule has 7 nitrogen and oxygen atoms in total. The summed E-state index contributed by atoms with van der Waals surface area (Å²) in [5, 5.41) is 0. The van der Waals surface area contributed by atoms with Crippen LogP contribution in [-0.2, 0) is 14.3 Å². The molecule has 154 valence electrons. The van der Waals surface area contributed by atoms with Crippen molar-refractivity contribution in [2.45, 2.75) is 27.7 Å². The number of H-pyrrole nitrogens is 1. The number of ketones is 1. The summed E-state index contributed by atoms with van der Waals surface area (Å²) in [6.07, 6.45) is 2.84. The summed E-state index contributed by atoms with van der Waals surface area (Å²) in [5.41, 5.74) is 2.37. The van der Waals surface area contributed by atoms with Gasteiger partial charge in [-0.05, 0) is 57.0 Å². The highest BCUT2D eigenvalue weighted by Gasteiger charge is 2.23. The molecule has 0 atom stereocenters. The molecule has 0 bridgehead atoms. The Hall–Kier alpha value is -3.35. The molecule has 0 saturated heterocycles. The van der Waals surface area contributed by atoms with E-state index in [0.29, 0.717) is 23.4 Å². The normalized spacial score (nSPS) is 10.8. The minimum atomic E-state index is -0.640. The molecule has 0 amide bonds. The third kappa shape index (κ3) is 5.81. The predicted octanol–water partition coefficient (Wildman–Crippen LogP) is 3.65. The number of carbonyl (C=O) groups is 3. The van der Waals surface area contributed by atoms with Crippen LogP contribution in [0.5, 0.6) is 5.75 Å². The zero-order chi connectivity index (χ0) is 21.4. The Morgan fingerprint density at radius 3 is 2.31 bits per heavy atom. The molecule has 0 aliphatic carbocycles. The van der Waals surface area contributed by atoms with Crippen molar-refractivity contribution in [3.63, 3.8) is 0 Å². The molecule has 1 heterocycles. The lowest BCUT2D eigenvalue weighted by Gasteiger charge is -2.04. The van der Waals surface area contributed by atoms with Gasteiger partial charge >= 0.3 is 11.9 Å². The van der Waals surface area contributed by atoms with Crippen LogP contribution >= 0.6 is 0 Å². The van der Waals surface area contributed by atoms with Crippen molar-refractivity contribution in [3.8, 4) is 5.75 Å². The quantitative estimate of drug-likeness (QED) is 0.393. The highest BCUT2D eigenvalue weighted by atomic mass is 16.5. The second-order valence-corrected chi connectivity index (χ2v) is 6.21. The second kappa shape index (κ2) is 10.3. The van der Waals surface area contributed by atoms with Gasteiger partial charge in [0.05, 0.1) is 24.5 Å². The average Bonchev–Trinajstić information content (AvgIpc) is 3.00. The van der Waals surface area contributed by atoms with Crippen molar-refractivity contribution >= 4 is 23.8 Å². The number of nitrogens with one attached hydrogen (secondary N) is 1. The average molecular weight is 399 g/mol. The summed E-state index contributed by atoms with van der Waals surface area (Å²) in [6, 6.07) is 7.22. The summed E-state index contributed by atoms with van der Waals surface area (Å²) >= 11 is 0. The highest BCUT2D eigenvalue weighted by molar-refractivity contribution is 6.03. The van der Waals surface area contributed by atoms with Crippen molar-refractivity contribution in [2.24, 2.45) is 0 Å². The van der Waals surface area contributed by atoms with Crippen LogP contribution < -0.4 is 4.74 Å². The van der Waals surface area contributed by atoms with Gasteiger partial charge in [0.15, 0.2) is 6.61 Å². The maximum Gasteiger partial charge on any atom is 0.340 e. The van der Waals surface area contributed by atoms with Gasteiger partial charge in [0.2, 0.25) is 5.78 Å². The Kier molecular flexibility index (Phi) is 7.77. The minimum absolute atomic E-state index is 0.230. The Balaban J connectivity index is 1.95. The molecule has 1 N–H and O–H groups in total. The number of rotatable bonds is 9. The van der Waals surface area contributed by atoms with E-state index in [0.717, 1.165) is 11.3 Å². The van der Waals surface area contributed by atoms with Gasteiger partial charge < -0.3 is 19.2 Å². The topological polar surface area (TPSA) is 94.7 Å². The number of Topliss-reactive ketones (excluding diaryl/α,β-unsaturated/α-hetero) is 1. The van der Waals surface area contributed by atoms with E-state index in [-0.39, 0.29) is 12.3 Å². The first-order valence-electron chi connectivity index (χ1n) is 9.34. The fourth-order valence-corrected chi connectivity index (χ4v) is 2.80. The first-order valence-corrected chi connectivity index (χ1v) is 9.34. The summed E-state index contributed by atoms with van der Waals surface area (Å²) < 4.78 is 15.4. The van der Waals surface area contributed by atoms with Gasteiger partial charge in [-0.2, -0.15) is 0 Å². The van der Waals surface area contributed by atoms with E-state index in [1.54, 1.807) is 39.0 Å². The van der Waals surface area contributed by atoms with Gasteiger partial charge in [0, 0.05) is 11.8 Å². The van der Waals surface area contributed by atoms with Gasteiger partial charge in [0.1, 0.15) is 5.75 Å². The van der Waals surface area contributed by atoms with Gasteiger partial charge in [-0.25, -0.2) is 9.59 Å². The smallest absolute Gasteiger partial charge is 0.340 e. The molecule has 7 heteroatoms. The maximum atomic E-state index is 12.4. The van der Waals surface area contributed by atoms with Crippen molar-refractivity contribution in [1.29, 1.82) is 0 Å². The van der Waals surface area contributed by atoms with E-state index >= 15 is 0 Å². The van der Waals surface area contributed by atoms with E-state index in [2.05, 4.69) is 4.98 Å². The summed E-state index contributed by atoms with van der Waals surface area (Å²) in [7, 11) is 0. The molecule has 0 aliphatic rings. The molecule has 0 spiro atoms. The SMILES string of the molecule is CCOC(=O)c1c(C)[nH]c(C(=O)COC(=O)/C=C/c2ccc(OCC)cc2)c1C. The van der Waals surface area contributed by atoms with Crippen LogP contribution in [0, 0.1) is 13.8 Å². The van der Waals surface area contributed by atoms with Crippen LogP contribution in [0.4, 0.5) is 0 Å². The van der Waals surface area contributed by atoms with Crippen LogP contribution in [0.3, 0.4) is 0 Å². The molecule has 0 aliphatic heterocycles. The monoisotopic (exact) mass is 399 g/mol. The number of hydrogen-bond acceptors (Lipinski definition) is 6. The lowest BCUT2D eigenvalue weighted by Crippen LogP contribution is -2.14. The first-order chi connectivity index (χ1) is 13.9. The largest absolute Gasteiger partial charge is 0.494 e. The fourth-order valence-electron chi connectivity index (χ4n) is 2.80. The van der Waals surface area contributed by atoms with Crippen LogP contribution in [-0.4, -0.2) is 42.5 Å². The van der Waals surface area contributed by atoms with E-state index in [1.165, 1.54) is 6.08 Å². The highest BCUT2D eigenvalue weighted by Crippen LogP contribution is 2.19. The molecule has 2 aromatic rings. The van der Waals surface area contributed by atoms with Crippen molar-refractivity contribution < 1.29 is 28.6 Å². The molecule has 1 aromatic carbocycles. The molecule has 0 fully saturated rings. The minimum Gasteiger partial charge on any atom is -0.494 e. The third-order valence-corrected chi connectivity index (χ3v) is 4.14. The number of hydrogen-bond donors (Lipinski definition) is 1. The molecular weight excluding hydrogens is 374 g/mol. The van der Waals surface area contributed by atoms with Crippen LogP contribution in [0.25, 0.3) is 6.08 Å². The van der Waals surface area contributed by atoms with E-state index in [9.17, 15) is 14.4 Å². The van der Waals surface area contributed by atoms with Crippen LogP contribution in [0.15, 0.2) is 30.3 Å². The van der Waals surface area contributed by atoms with E-state index < -0.39 is 24.3 Å². The number of esters is 2. The lowest BCUT2D eigenvalue weighted by atomic mass is 10.1. The van der Waals surface area contributed by atoms with Gasteiger partial charge in [0.25, 0.3) is 0 Å². The summed E-state index contributed by atoms with van der Waals surface area (Å²) in [6.45, 7) is 7.33. The number of aryl methyl sites for hydroxylation is 1. The van der Waals surface area contributed by atoms with Gasteiger partial charge in [-0.3, -0.25) is 4.79 Å². The number of ether oxygens (including phenoxy) is 3. The molecule has 2 rings (SSSR count). The Bertz CT molecular complexity index is 908. The number of aromatic nitrogens is 1. The Morgan fingerprint density at radius 1 is 1.00 bits per heavy atom. The fraction of sp³-hybridized carbons (Fsp3) is 0.318. The van der Waals surface area contributed by atoms with Crippen molar-refractivity contribution in [3.05, 3.63) is 58.4 Å².